The monoisotopic (exact) mass is 280 g/mol. The quantitative estimate of drug-likeness (QED) is 0.596. The van der Waals surface area contributed by atoms with E-state index in [1.54, 1.807) is 12.1 Å². The number of hydrogen-bond acceptors (Lipinski definition) is 4. The van der Waals surface area contributed by atoms with Crippen LogP contribution in [0.4, 0.5) is 15.9 Å². The zero-order valence-corrected chi connectivity index (χ0v) is 10.4. The molecule has 19 heavy (non-hydrogen) atoms. The number of rotatable bonds is 3. The van der Waals surface area contributed by atoms with Gasteiger partial charge in [-0.1, -0.05) is 11.6 Å². The van der Waals surface area contributed by atoms with Gasteiger partial charge in [-0.15, -0.1) is 0 Å². The fraction of sp³-hybridized carbons (Fsp3) is 0. The molecule has 0 aliphatic rings. The number of hydrogen-bond donors (Lipinski definition) is 3. The first-order valence-corrected chi connectivity index (χ1v) is 5.67. The first-order chi connectivity index (χ1) is 9.10. The van der Waals surface area contributed by atoms with Crippen molar-refractivity contribution in [3.63, 3.8) is 0 Å². The number of nitrogen functional groups attached to an aromatic ring is 1. The van der Waals surface area contributed by atoms with Gasteiger partial charge in [-0.05, 0) is 30.3 Å². The van der Waals surface area contributed by atoms with Gasteiger partial charge in [0, 0.05) is 11.9 Å². The molecule has 1 aromatic carbocycles. The van der Waals surface area contributed by atoms with Gasteiger partial charge in [0.15, 0.2) is 0 Å². The second-order valence-electron chi connectivity index (χ2n) is 3.66. The summed E-state index contributed by atoms with van der Waals surface area (Å²) < 4.78 is 13.0. The molecule has 98 valence electrons. The first-order valence-electron chi connectivity index (χ1n) is 5.29. The van der Waals surface area contributed by atoms with Gasteiger partial charge in [0.2, 0.25) is 0 Å². The van der Waals surface area contributed by atoms with Crippen molar-refractivity contribution in [2.24, 2.45) is 5.84 Å². The lowest BCUT2D eigenvalue weighted by atomic mass is 10.2. The van der Waals surface area contributed by atoms with Gasteiger partial charge in [0.1, 0.15) is 11.6 Å². The number of nitrogens with one attached hydrogen (secondary N) is 2. The summed E-state index contributed by atoms with van der Waals surface area (Å²) in [5.41, 5.74) is 3.10. The number of carbonyl (C=O) groups is 1. The lowest BCUT2D eigenvalue weighted by Crippen LogP contribution is -2.13. The lowest BCUT2D eigenvalue weighted by Gasteiger charge is -2.06. The fourth-order valence-electron chi connectivity index (χ4n) is 1.39. The fourth-order valence-corrected chi connectivity index (χ4v) is 1.57. The van der Waals surface area contributed by atoms with Crippen molar-refractivity contribution in [3.8, 4) is 0 Å². The van der Waals surface area contributed by atoms with Gasteiger partial charge in [0.05, 0.1) is 10.6 Å². The highest BCUT2D eigenvalue weighted by Gasteiger charge is 2.08. The normalized spacial score (nSPS) is 10.1. The van der Waals surface area contributed by atoms with Crippen molar-refractivity contribution in [2.75, 3.05) is 10.7 Å². The number of nitrogens with zero attached hydrogens (tertiary/aromatic N) is 1. The van der Waals surface area contributed by atoms with Crippen LogP contribution in [0, 0.1) is 5.82 Å². The van der Waals surface area contributed by atoms with Crippen LogP contribution in [0.2, 0.25) is 5.02 Å². The molecule has 5 nitrogen and oxygen atoms in total. The molecule has 0 fully saturated rings. The summed E-state index contributed by atoms with van der Waals surface area (Å²) in [6, 6.07) is 7.05. The van der Waals surface area contributed by atoms with E-state index < -0.39 is 5.82 Å². The van der Waals surface area contributed by atoms with Crippen LogP contribution in [0.25, 0.3) is 0 Å². The average molecular weight is 281 g/mol. The second-order valence-corrected chi connectivity index (χ2v) is 4.07. The largest absolute Gasteiger partial charge is 0.322 e. The van der Waals surface area contributed by atoms with E-state index in [1.165, 1.54) is 24.4 Å². The number of anilines is 2. The third-order valence-corrected chi connectivity index (χ3v) is 2.64. The molecule has 2 rings (SSSR count). The molecule has 1 aromatic heterocycles. The number of hydrazine groups is 1. The summed E-state index contributed by atoms with van der Waals surface area (Å²) in [5, 5.41) is 2.53. The molecular formula is C12H10ClFN4O. The van der Waals surface area contributed by atoms with Crippen LogP contribution in [-0.2, 0) is 0 Å². The Labute approximate surface area is 113 Å². The molecule has 1 heterocycles. The van der Waals surface area contributed by atoms with Gasteiger partial charge < -0.3 is 10.7 Å². The molecule has 1 amide bonds. The number of carbonyl (C=O) groups excluding carboxylic acids is 1. The predicted molar refractivity (Wildman–Crippen MR) is 71.4 cm³/mol. The highest BCUT2D eigenvalue weighted by atomic mass is 35.5. The summed E-state index contributed by atoms with van der Waals surface area (Å²) >= 11 is 5.62. The summed E-state index contributed by atoms with van der Waals surface area (Å²) in [6.07, 6.45) is 1.37. The van der Waals surface area contributed by atoms with Crippen molar-refractivity contribution in [2.45, 2.75) is 0 Å². The Balaban J connectivity index is 2.13. The van der Waals surface area contributed by atoms with Crippen LogP contribution < -0.4 is 16.6 Å². The zero-order chi connectivity index (χ0) is 13.8. The van der Waals surface area contributed by atoms with Crippen LogP contribution in [0.1, 0.15) is 10.4 Å². The number of aromatic nitrogens is 1. The molecule has 0 bridgehead atoms. The maximum absolute atomic E-state index is 13.0. The minimum atomic E-state index is -0.542. The molecule has 4 N–H and O–H groups in total. The molecule has 2 aromatic rings. The Morgan fingerprint density at radius 3 is 2.68 bits per heavy atom. The first kappa shape index (κ1) is 13.3. The smallest absolute Gasteiger partial charge is 0.257 e. The summed E-state index contributed by atoms with van der Waals surface area (Å²) in [7, 11) is 0. The summed E-state index contributed by atoms with van der Waals surface area (Å²) in [4.78, 5) is 15.8. The summed E-state index contributed by atoms with van der Waals surface area (Å²) in [5.74, 6) is 4.69. The Morgan fingerprint density at radius 1 is 1.32 bits per heavy atom. The van der Waals surface area contributed by atoms with Crippen LogP contribution in [0.3, 0.4) is 0 Å². The SMILES string of the molecule is NNc1ccc(C(=O)Nc2ccc(F)c(Cl)c2)cn1. The van der Waals surface area contributed by atoms with Crippen molar-refractivity contribution >= 4 is 29.0 Å². The topological polar surface area (TPSA) is 80.0 Å². The second kappa shape index (κ2) is 5.64. The van der Waals surface area contributed by atoms with E-state index in [0.717, 1.165) is 0 Å². The number of pyridine rings is 1. The van der Waals surface area contributed by atoms with Crippen LogP contribution in [0.15, 0.2) is 36.5 Å². The number of benzene rings is 1. The maximum Gasteiger partial charge on any atom is 0.257 e. The predicted octanol–water partition coefficient (Wildman–Crippen LogP) is 2.41. The molecule has 0 saturated heterocycles. The van der Waals surface area contributed by atoms with Crippen molar-refractivity contribution in [3.05, 3.63) is 52.9 Å². The molecular weight excluding hydrogens is 271 g/mol. The Morgan fingerprint density at radius 2 is 2.11 bits per heavy atom. The van der Waals surface area contributed by atoms with Crippen LogP contribution in [0.5, 0.6) is 0 Å². The third kappa shape index (κ3) is 3.18. The van der Waals surface area contributed by atoms with Gasteiger partial charge in [-0.2, -0.15) is 0 Å². The van der Waals surface area contributed by atoms with Gasteiger partial charge >= 0.3 is 0 Å². The van der Waals surface area contributed by atoms with E-state index in [4.69, 9.17) is 17.4 Å². The van der Waals surface area contributed by atoms with E-state index in [-0.39, 0.29) is 10.9 Å². The third-order valence-electron chi connectivity index (χ3n) is 2.35. The van der Waals surface area contributed by atoms with Gasteiger partial charge in [-0.25, -0.2) is 15.2 Å². The number of halogens is 2. The molecule has 0 saturated carbocycles. The molecule has 0 aliphatic carbocycles. The minimum Gasteiger partial charge on any atom is -0.322 e. The van der Waals surface area contributed by atoms with Gasteiger partial charge in [0.25, 0.3) is 5.91 Å². The number of amides is 1. The molecule has 0 spiro atoms. The Kier molecular flexibility index (Phi) is 3.94. The number of nitrogens with two attached hydrogens (primary N) is 1. The zero-order valence-electron chi connectivity index (χ0n) is 9.65. The van der Waals surface area contributed by atoms with E-state index in [2.05, 4.69) is 15.7 Å². The average Bonchev–Trinajstić information content (AvgIpc) is 2.43. The maximum atomic E-state index is 13.0. The van der Waals surface area contributed by atoms with Crippen LogP contribution >= 0.6 is 11.6 Å². The lowest BCUT2D eigenvalue weighted by molar-refractivity contribution is 0.102. The van der Waals surface area contributed by atoms with Crippen molar-refractivity contribution < 1.29 is 9.18 Å². The minimum absolute atomic E-state index is 0.0568. The van der Waals surface area contributed by atoms with E-state index in [0.29, 0.717) is 17.1 Å². The Bertz CT molecular complexity index is 603. The van der Waals surface area contributed by atoms with Crippen LogP contribution in [-0.4, -0.2) is 10.9 Å². The van der Waals surface area contributed by atoms with Gasteiger partial charge in [-0.3, -0.25) is 4.79 Å². The van der Waals surface area contributed by atoms with Crippen molar-refractivity contribution in [1.29, 1.82) is 0 Å². The van der Waals surface area contributed by atoms with E-state index >= 15 is 0 Å². The molecule has 7 heteroatoms. The molecule has 0 aliphatic heterocycles. The molecule has 0 radical (unpaired) electrons. The van der Waals surface area contributed by atoms with Crippen molar-refractivity contribution in [1.82, 2.24) is 4.98 Å². The molecule has 0 atom stereocenters. The Hall–Kier alpha value is -2.18. The highest BCUT2D eigenvalue weighted by Crippen LogP contribution is 2.19. The van der Waals surface area contributed by atoms with E-state index in [1.807, 2.05) is 0 Å². The van der Waals surface area contributed by atoms with E-state index in [9.17, 15) is 9.18 Å². The highest BCUT2D eigenvalue weighted by molar-refractivity contribution is 6.31. The summed E-state index contributed by atoms with van der Waals surface area (Å²) in [6.45, 7) is 0. The molecule has 0 unspecified atom stereocenters. The standard InChI is InChI=1S/C12H10ClFN4O/c13-9-5-8(2-3-10(9)14)17-12(19)7-1-4-11(18-15)16-6-7/h1-6H,15H2,(H,16,18)(H,17,19).